The number of hydrogen-bond acceptors (Lipinski definition) is 5. The maximum atomic E-state index is 12.9. The minimum absolute atomic E-state index is 0.172. The van der Waals surface area contributed by atoms with E-state index in [9.17, 15) is 20.0 Å². The van der Waals surface area contributed by atoms with E-state index in [-0.39, 0.29) is 23.9 Å². The fraction of sp³-hybridized carbons (Fsp3) is 0.316. The molecule has 7 heteroatoms. The van der Waals surface area contributed by atoms with Crippen molar-refractivity contribution in [2.75, 3.05) is 13.2 Å². The van der Waals surface area contributed by atoms with Gasteiger partial charge in [-0.05, 0) is 18.6 Å². The Labute approximate surface area is 151 Å². The first-order valence-corrected chi connectivity index (χ1v) is 8.39. The van der Waals surface area contributed by atoms with Crippen LogP contribution in [-0.2, 0) is 9.53 Å². The third-order valence-electron chi connectivity index (χ3n) is 4.64. The number of nitrogens with zero attached hydrogens (tertiary/aromatic N) is 2. The van der Waals surface area contributed by atoms with Gasteiger partial charge in [-0.1, -0.05) is 42.5 Å². The number of carbonyl (C=O) groups is 1. The molecule has 3 atom stereocenters. The van der Waals surface area contributed by atoms with E-state index in [1.807, 2.05) is 37.3 Å². The van der Waals surface area contributed by atoms with Crippen molar-refractivity contribution in [3.05, 3.63) is 75.8 Å². The molecule has 0 aromatic heterocycles. The van der Waals surface area contributed by atoms with Crippen LogP contribution in [-0.4, -0.2) is 40.1 Å². The summed E-state index contributed by atoms with van der Waals surface area (Å²) in [5.41, 5.74) is 0.971. The molecule has 2 aromatic carbocycles. The quantitative estimate of drug-likeness (QED) is 0.671. The molecule has 0 bridgehead atoms. The van der Waals surface area contributed by atoms with Crippen molar-refractivity contribution < 1.29 is 19.6 Å². The van der Waals surface area contributed by atoms with E-state index in [2.05, 4.69) is 0 Å². The smallest absolute Gasteiger partial charge is 0.275 e. The molecule has 0 spiro atoms. The largest absolute Gasteiger partial charge is 0.380 e. The standard InChI is InChI=1S/C19H20N2O5/c1-13(14-7-3-2-4-8-14)20-11-12-26-18(17(22)19(20)23)15-9-5-6-10-16(15)21(24)25/h2-10,13,17-18,22H,11-12H2,1H3/t13-,17-,18-/m0/s1. The van der Waals surface area contributed by atoms with E-state index in [0.717, 1.165) is 5.56 Å². The summed E-state index contributed by atoms with van der Waals surface area (Å²) in [6, 6.07) is 15.3. The molecule has 136 valence electrons. The molecule has 0 saturated carbocycles. The summed E-state index contributed by atoms with van der Waals surface area (Å²) in [7, 11) is 0. The molecule has 1 heterocycles. The van der Waals surface area contributed by atoms with Gasteiger partial charge in [-0.2, -0.15) is 0 Å². The van der Waals surface area contributed by atoms with Crippen LogP contribution in [0.25, 0.3) is 0 Å². The number of rotatable bonds is 4. The maximum Gasteiger partial charge on any atom is 0.275 e. The van der Waals surface area contributed by atoms with Gasteiger partial charge < -0.3 is 14.7 Å². The number of carbonyl (C=O) groups excluding carboxylic acids is 1. The maximum absolute atomic E-state index is 12.9. The van der Waals surface area contributed by atoms with Crippen molar-refractivity contribution in [3.8, 4) is 0 Å². The van der Waals surface area contributed by atoms with Crippen LogP contribution < -0.4 is 0 Å². The first-order chi connectivity index (χ1) is 12.5. The summed E-state index contributed by atoms with van der Waals surface area (Å²) in [5.74, 6) is -0.498. The fourth-order valence-electron chi connectivity index (χ4n) is 3.23. The number of aliphatic hydroxyl groups excluding tert-OH is 1. The molecule has 1 aliphatic rings. The van der Waals surface area contributed by atoms with Crippen molar-refractivity contribution in [1.29, 1.82) is 0 Å². The van der Waals surface area contributed by atoms with Crippen LogP contribution in [0, 0.1) is 10.1 Å². The van der Waals surface area contributed by atoms with Crippen LogP contribution >= 0.6 is 0 Å². The highest BCUT2D eigenvalue weighted by molar-refractivity contribution is 5.82. The van der Waals surface area contributed by atoms with Crippen LogP contribution in [0.3, 0.4) is 0 Å². The predicted molar refractivity (Wildman–Crippen MR) is 94.4 cm³/mol. The molecule has 1 amide bonds. The van der Waals surface area contributed by atoms with Gasteiger partial charge in [-0.3, -0.25) is 14.9 Å². The highest BCUT2D eigenvalue weighted by atomic mass is 16.6. The summed E-state index contributed by atoms with van der Waals surface area (Å²) in [6.07, 6.45) is -2.58. The van der Waals surface area contributed by atoms with Gasteiger partial charge in [0.2, 0.25) is 0 Å². The minimum atomic E-state index is -1.51. The van der Waals surface area contributed by atoms with Crippen molar-refractivity contribution in [3.63, 3.8) is 0 Å². The van der Waals surface area contributed by atoms with Gasteiger partial charge in [-0.15, -0.1) is 0 Å². The second-order valence-electron chi connectivity index (χ2n) is 6.17. The molecule has 3 rings (SSSR count). The van der Waals surface area contributed by atoms with E-state index >= 15 is 0 Å². The molecule has 1 fully saturated rings. The second kappa shape index (κ2) is 7.63. The summed E-state index contributed by atoms with van der Waals surface area (Å²) in [5, 5.41) is 21.9. The highest BCUT2D eigenvalue weighted by Gasteiger charge is 2.39. The second-order valence-corrected chi connectivity index (χ2v) is 6.17. The number of hydrogen-bond donors (Lipinski definition) is 1. The molecule has 1 saturated heterocycles. The monoisotopic (exact) mass is 356 g/mol. The summed E-state index contributed by atoms with van der Waals surface area (Å²) in [4.78, 5) is 25.1. The molecule has 26 heavy (non-hydrogen) atoms. The van der Waals surface area contributed by atoms with Crippen LogP contribution in [0.4, 0.5) is 5.69 Å². The van der Waals surface area contributed by atoms with Crippen molar-refractivity contribution in [1.82, 2.24) is 4.90 Å². The van der Waals surface area contributed by atoms with Gasteiger partial charge in [0, 0.05) is 12.6 Å². The average molecular weight is 356 g/mol. The molecule has 0 unspecified atom stereocenters. The normalized spacial score (nSPS) is 21.9. The number of aliphatic hydroxyl groups is 1. The Morgan fingerprint density at radius 1 is 1.19 bits per heavy atom. The van der Waals surface area contributed by atoms with Gasteiger partial charge >= 0.3 is 0 Å². The number of amides is 1. The number of ether oxygens (including phenoxy) is 1. The van der Waals surface area contributed by atoms with Crippen molar-refractivity contribution >= 4 is 11.6 Å². The third-order valence-corrected chi connectivity index (χ3v) is 4.64. The van der Waals surface area contributed by atoms with Crippen LogP contribution in [0.2, 0.25) is 0 Å². The number of benzene rings is 2. The molecule has 2 aromatic rings. The molecule has 0 radical (unpaired) electrons. The summed E-state index contributed by atoms with van der Waals surface area (Å²) >= 11 is 0. The Kier molecular flexibility index (Phi) is 5.29. The van der Waals surface area contributed by atoms with E-state index in [4.69, 9.17) is 4.74 Å². The Balaban J connectivity index is 1.89. The average Bonchev–Trinajstić information content (AvgIpc) is 2.81. The van der Waals surface area contributed by atoms with E-state index in [1.165, 1.54) is 18.2 Å². The first-order valence-electron chi connectivity index (χ1n) is 8.39. The van der Waals surface area contributed by atoms with Gasteiger partial charge in [-0.25, -0.2) is 0 Å². The van der Waals surface area contributed by atoms with Crippen molar-refractivity contribution in [2.45, 2.75) is 25.2 Å². The topological polar surface area (TPSA) is 92.9 Å². The lowest BCUT2D eigenvalue weighted by Crippen LogP contribution is -2.41. The Hall–Kier alpha value is -2.77. The fourth-order valence-corrected chi connectivity index (χ4v) is 3.23. The molecular weight excluding hydrogens is 336 g/mol. The molecule has 0 aliphatic carbocycles. The predicted octanol–water partition coefficient (Wildman–Crippen LogP) is 2.62. The SMILES string of the molecule is C[C@@H](c1ccccc1)N1CCO[C@@H](c2ccccc2[N+](=O)[O-])[C@H](O)C1=O. The Bertz CT molecular complexity index is 796. The van der Waals surface area contributed by atoms with Crippen LogP contribution in [0.15, 0.2) is 54.6 Å². The highest BCUT2D eigenvalue weighted by Crippen LogP contribution is 2.33. The van der Waals surface area contributed by atoms with Gasteiger partial charge in [0.1, 0.15) is 6.10 Å². The first kappa shape index (κ1) is 18.0. The minimum Gasteiger partial charge on any atom is -0.380 e. The third kappa shape index (κ3) is 3.44. The number of nitro groups is 1. The zero-order valence-corrected chi connectivity index (χ0v) is 14.3. The van der Waals surface area contributed by atoms with E-state index in [1.54, 1.807) is 11.0 Å². The van der Waals surface area contributed by atoms with E-state index < -0.39 is 23.0 Å². The lowest BCUT2D eigenvalue weighted by molar-refractivity contribution is -0.386. The Morgan fingerprint density at radius 2 is 1.85 bits per heavy atom. The lowest BCUT2D eigenvalue weighted by Gasteiger charge is -2.29. The van der Waals surface area contributed by atoms with E-state index in [0.29, 0.717) is 6.54 Å². The molecular formula is C19H20N2O5. The van der Waals surface area contributed by atoms with Gasteiger partial charge in [0.05, 0.1) is 23.1 Å². The zero-order chi connectivity index (χ0) is 18.7. The van der Waals surface area contributed by atoms with Crippen LogP contribution in [0.1, 0.15) is 30.2 Å². The zero-order valence-electron chi connectivity index (χ0n) is 14.3. The molecule has 7 nitrogen and oxygen atoms in total. The lowest BCUT2D eigenvalue weighted by atomic mass is 10.0. The number of nitro benzene ring substituents is 1. The molecule has 1 aliphatic heterocycles. The summed E-state index contributed by atoms with van der Waals surface area (Å²) < 4.78 is 5.66. The Morgan fingerprint density at radius 3 is 2.54 bits per heavy atom. The molecule has 1 N–H and O–H groups in total. The number of para-hydroxylation sites is 1. The van der Waals surface area contributed by atoms with Crippen molar-refractivity contribution in [2.24, 2.45) is 0 Å². The van der Waals surface area contributed by atoms with Gasteiger partial charge in [0.15, 0.2) is 6.10 Å². The van der Waals surface area contributed by atoms with Crippen LogP contribution in [0.5, 0.6) is 0 Å². The van der Waals surface area contributed by atoms with Gasteiger partial charge in [0.25, 0.3) is 11.6 Å². The summed E-state index contributed by atoms with van der Waals surface area (Å²) in [6.45, 7) is 2.35.